The number of rotatable bonds is 5. The Kier molecular flexibility index (Phi) is 4.79. The number of carbonyl (C=O) groups excluding carboxylic acids is 1. The summed E-state index contributed by atoms with van der Waals surface area (Å²) in [5.74, 6) is -1.07. The quantitative estimate of drug-likeness (QED) is 0.874. The van der Waals surface area contributed by atoms with Crippen LogP contribution in [0.2, 0.25) is 0 Å². The summed E-state index contributed by atoms with van der Waals surface area (Å²) in [4.78, 5) is 25.3. The monoisotopic (exact) mass is 339 g/mol. The van der Waals surface area contributed by atoms with Crippen molar-refractivity contribution in [3.05, 3.63) is 29.8 Å². The van der Waals surface area contributed by atoms with Crippen molar-refractivity contribution in [3.63, 3.8) is 0 Å². The Hall–Kier alpha value is -1.89. The first-order chi connectivity index (χ1) is 10.7. The van der Waals surface area contributed by atoms with E-state index in [-0.39, 0.29) is 29.5 Å². The Morgan fingerprint density at radius 1 is 1.35 bits per heavy atom. The van der Waals surface area contributed by atoms with Crippen molar-refractivity contribution < 1.29 is 23.1 Å². The highest BCUT2D eigenvalue weighted by atomic mass is 32.2. The maximum Gasteiger partial charge on any atom is 0.311 e. The van der Waals surface area contributed by atoms with Gasteiger partial charge in [-0.1, -0.05) is 19.1 Å². The number of carboxylic acids is 1. The van der Waals surface area contributed by atoms with Gasteiger partial charge in [-0.25, -0.2) is 8.42 Å². The van der Waals surface area contributed by atoms with Crippen LogP contribution in [-0.4, -0.2) is 49.1 Å². The van der Waals surface area contributed by atoms with Gasteiger partial charge in [0, 0.05) is 13.1 Å². The highest BCUT2D eigenvalue weighted by Gasteiger charge is 2.41. The minimum absolute atomic E-state index is 0.00743. The van der Waals surface area contributed by atoms with Crippen LogP contribution in [0.5, 0.6) is 0 Å². The molecule has 7 heteroatoms. The summed E-state index contributed by atoms with van der Waals surface area (Å²) in [5.41, 5.74) is -0.281. The second-order valence-corrected chi connectivity index (χ2v) is 8.44. The Balaban J connectivity index is 2.10. The number of hydrogen-bond acceptors (Lipinski definition) is 4. The number of aliphatic carboxylic acids is 1. The zero-order valence-electron chi connectivity index (χ0n) is 13.3. The topological polar surface area (TPSA) is 91.8 Å². The van der Waals surface area contributed by atoms with E-state index in [2.05, 4.69) is 0 Å². The van der Waals surface area contributed by atoms with Crippen molar-refractivity contribution in [2.24, 2.45) is 5.41 Å². The van der Waals surface area contributed by atoms with Gasteiger partial charge in [0.15, 0.2) is 9.84 Å². The molecule has 1 saturated heterocycles. The maximum absolute atomic E-state index is 12.3. The van der Waals surface area contributed by atoms with E-state index in [0.717, 1.165) is 0 Å². The molecule has 1 fully saturated rings. The number of likely N-dealkylation sites (tertiary alicyclic amines) is 1. The Morgan fingerprint density at radius 3 is 2.61 bits per heavy atom. The average molecular weight is 339 g/mol. The summed E-state index contributed by atoms with van der Waals surface area (Å²) < 4.78 is 23.8. The summed E-state index contributed by atoms with van der Waals surface area (Å²) in [6.45, 7) is 3.81. The van der Waals surface area contributed by atoms with E-state index in [1.807, 2.05) is 0 Å². The smallest absolute Gasteiger partial charge is 0.311 e. The molecule has 1 aliphatic heterocycles. The zero-order chi connectivity index (χ0) is 17.3. The second kappa shape index (κ2) is 6.31. The molecule has 1 atom stereocenters. The van der Waals surface area contributed by atoms with Crippen molar-refractivity contribution in [1.29, 1.82) is 0 Å². The van der Waals surface area contributed by atoms with E-state index in [4.69, 9.17) is 0 Å². The molecule has 0 aliphatic carbocycles. The third kappa shape index (κ3) is 3.72. The maximum atomic E-state index is 12.3. The van der Waals surface area contributed by atoms with Gasteiger partial charge in [0.1, 0.15) is 0 Å². The fourth-order valence-corrected chi connectivity index (χ4v) is 3.60. The molecule has 1 N–H and O–H groups in total. The number of amides is 1. The van der Waals surface area contributed by atoms with E-state index in [1.165, 1.54) is 17.0 Å². The van der Waals surface area contributed by atoms with E-state index < -0.39 is 21.2 Å². The minimum Gasteiger partial charge on any atom is -0.481 e. The van der Waals surface area contributed by atoms with Gasteiger partial charge in [-0.15, -0.1) is 0 Å². The molecular formula is C16H21NO5S. The summed E-state index contributed by atoms with van der Waals surface area (Å²) in [5, 5.41) is 9.21. The van der Waals surface area contributed by atoms with Crippen molar-refractivity contribution >= 4 is 21.7 Å². The largest absolute Gasteiger partial charge is 0.481 e. The van der Waals surface area contributed by atoms with Gasteiger partial charge in [0.25, 0.3) is 0 Å². The van der Waals surface area contributed by atoms with Gasteiger partial charge >= 0.3 is 5.97 Å². The normalized spacial score (nSPS) is 21.4. The Morgan fingerprint density at radius 2 is 2.04 bits per heavy atom. The van der Waals surface area contributed by atoms with Crippen molar-refractivity contribution in [2.45, 2.75) is 31.6 Å². The zero-order valence-corrected chi connectivity index (χ0v) is 14.1. The Bertz CT molecular complexity index is 728. The number of sulfone groups is 1. The molecule has 0 bridgehead atoms. The minimum atomic E-state index is -3.31. The third-order valence-corrected chi connectivity index (χ3v) is 6.07. The molecule has 0 aromatic heterocycles. The SMILES string of the molecule is CCS(=O)(=O)c1cccc(CC(=O)N2CCC(C)(C(=O)O)C2)c1. The van der Waals surface area contributed by atoms with Crippen LogP contribution >= 0.6 is 0 Å². The average Bonchev–Trinajstić information content (AvgIpc) is 2.92. The first-order valence-electron chi connectivity index (χ1n) is 7.51. The van der Waals surface area contributed by atoms with Crippen LogP contribution in [0.4, 0.5) is 0 Å². The number of carboxylic acid groups (broad SMARTS) is 1. The first-order valence-corrected chi connectivity index (χ1v) is 9.16. The van der Waals surface area contributed by atoms with Crippen LogP contribution < -0.4 is 0 Å². The van der Waals surface area contributed by atoms with Gasteiger partial charge in [0.05, 0.1) is 22.5 Å². The second-order valence-electron chi connectivity index (χ2n) is 6.16. The summed E-state index contributed by atoms with van der Waals surface area (Å²) in [6, 6.07) is 6.36. The molecule has 1 unspecified atom stereocenters. The lowest BCUT2D eigenvalue weighted by Gasteiger charge is -2.20. The van der Waals surface area contributed by atoms with Gasteiger partial charge in [-0.05, 0) is 31.0 Å². The van der Waals surface area contributed by atoms with E-state index >= 15 is 0 Å². The lowest BCUT2D eigenvalue weighted by Crippen LogP contribution is -2.35. The molecular weight excluding hydrogens is 318 g/mol. The van der Waals surface area contributed by atoms with Crippen LogP contribution in [-0.2, 0) is 25.8 Å². The predicted molar refractivity (Wildman–Crippen MR) is 84.8 cm³/mol. The summed E-state index contributed by atoms with van der Waals surface area (Å²) in [7, 11) is -3.31. The van der Waals surface area contributed by atoms with Crippen LogP contribution in [0.1, 0.15) is 25.8 Å². The van der Waals surface area contributed by atoms with Gasteiger partial charge in [-0.3, -0.25) is 9.59 Å². The molecule has 2 rings (SSSR count). The Labute approximate surface area is 136 Å². The molecule has 0 spiro atoms. The van der Waals surface area contributed by atoms with Crippen LogP contribution in [0.3, 0.4) is 0 Å². The standard InChI is InChI=1S/C16H21NO5S/c1-3-23(21,22)13-6-4-5-12(9-13)10-14(18)17-8-7-16(2,11-17)15(19)20/h4-6,9H,3,7-8,10-11H2,1-2H3,(H,19,20). The highest BCUT2D eigenvalue weighted by Crippen LogP contribution is 2.30. The molecule has 1 aromatic rings. The molecule has 0 saturated carbocycles. The highest BCUT2D eigenvalue weighted by molar-refractivity contribution is 7.91. The van der Waals surface area contributed by atoms with E-state index in [0.29, 0.717) is 18.5 Å². The van der Waals surface area contributed by atoms with Gasteiger partial charge in [-0.2, -0.15) is 0 Å². The number of carbonyl (C=O) groups is 2. The number of nitrogens with zero attached hydrogens (tertiary/aromatic N) is 1. The lowest BCUT2D eigenvalue weighted by atomic mass is 9.90. The molecule has 1 heterocycles. The van der Waals surface area contributed by atoms with Crippen LogP contribution in [0.25, 0.3) is 0 Å². The molecule has 126 valence electrons. The van der Waals surface area contributed by atoms with Gasteiger partial charge < -0.3 is 10.0 Å². The molecule has 0 radical (unpaired) electrons. The first kappa shape index (κ1) is 17.5. The fourth-order valence-electron chi connectivity index (χ4n) is 2.65. The lowest BCUT2D eigenvalue weighted by molar-refractivity contribution is -0.147. The van der Waals surface area contributed by atoms with Gasteiger partial charge in [0.2, 0.25) is 5.91 Å². The van der Waals surface area contributed by atoms with Crippen LogP contribution in [0, 0.1) is 5.41 Å². The molecule has 1 aliphatic rings. The third-order valence-electron chi connectivity index (χ3n) is 4.34. The van der Waals surface area contributed by atoms with Crippen molar-refractivity contribution in [3.8, 4) is 0 Å². The molecule has 23 heavy (non-hydrogen) atoms. The summed E-state index contributed by atoms with van der Waals surface area (Å²) in [6.07, 6.45) is 0.501. The molecule has 1 aromatic carbocycles. The summed E-state index contributed by atoms with van der Waals surface area (Å²) >= 11 is 0. The van der Waals surface area contributed by atoms with E-state index in [9.17, 15) is 23.1 Å². The number of benzene rings is 1. The fraction of sp³-hybridized carbons (Fsp3) is 0.500. The molecule has 6 nitrogen and oxygen atoms in total. The predicted octanol–water partition coefficient (Wildman–Crippen LogP) is 1.35. The number of hydrogen-bond donors (Lipinski definition) is 1. The van der Waals surface area contributed by atoms with E-state index in [1.54, 1.807) is 26.0 Å². The van der Waals surface area contributed by atoms with Crippen molar-refractivity contribution in [1.82, 2.24) is 4.90 Å². The van der Waals surface area contributed by atoms with Crippen LogP contribution in [0.15, 0.2) is 29.2 Å². The molecule has 1 amide bonds. The van der Waals surface area contributed by atoms with Crippen molar-refractivity contribution in [2.75, 3.05) is 18.8 Å².